The maximum atomic E-state index is 5.81. The van der Waals surface area contributed by atoms with Gasteiger partial charge < -0.3 is 9.47 Å². The van der Waals surface area contributed by atoms with Crippen LogP contribution in [-0.2, 0) is 0 Å². The fourth-order valence-corrected chi connectivity index (χ4v) is 2.60. The Morgan fingerprint density at radius 1 is 1.31 bits per heavy atom. The van der Waals surface area contributed by atoms with E-state index in [1.165, 1.54) is 0 Å². The average Bonchev–Trinajstić information content (AvgIpc) is 2.77. The van der Waals surface area contributed by atoms with Crippen LogP contribution in [0, 0.1) is 10.5 Å². The van der Waals surface area contributed by atoms with Crippen LogP contribution in [0.25, 0.3) is 10.9 Å². The molecule has 0 radical (unpaired) electrons. The Kier molecular flexibility index (Phi) is 1.93. The molecule has 0 saturated heterocycles. The first kappa shape index (κ1) is 10.2. The largest absolute Gasteiger partial charge is 0.449 e. The van der Waals surface area contributed by atoms with Gasteiger partial charge in [-0.25, -0.2) is 0 Å². The molecule has 1 aliphatic heterocycles. The molecule has 16 heavy (non-hydrogen) atoms. The highest BCUT2D eigenvalue weighted by atomic mass is 127. The molecule has 0 unspecified atom stereocenters. The maximum Gasteiger partial charge on any atom is 0.246 e. The molecule has 0 amide bonds. The van der Waals surface area contributed by atoms with E-state index in [-0.39, 0.29) is 0 Å². The van der Waals surface area contributed by atoms with Gasteiger partial charge in [0.2, 0.25) is 5.79 Å². The van der Waals surface area contributed by atoms with Crippen molar-refractivity contribution in [3.63, 3.8) is 0 Å². The zero-order valence-corrected chi connectivity index (χ0v) is 11.4. The quantitative estimate of drug-likeness (QED) is 0.756. The van der Waals surface area contributed by atoms with Gasteiger partial charge in [-0.2, -0.15) is 5.10 Å². The molecule has 1 aromatic carbocycles. The molecule has 5 heteroatoms. The molecular formula is C11H11IN2O2. The molecule has 0 spiro atoms. The molecule has 4 nitrogen and oxygen atoms in total. The monoisotopic (exact) mass is 330 g/mol. The molecule has 0 atom stereocenters. The number of hydrogen-bond acceptors (Lipinski definition) is 3. The summed E-state index contributed by atoms with van der Waals surface area (Å²) in [4.78, 5) is 0. The Balaban J connectivity index is 2.40. The summed E-state index contributed by atoms with van der Waals surface area (Å²) in [6, 6.07) is 0. The number of hydrogen-bond donors (Lipinski definition) is 1. The Labute approximate surface area is 106 Å². The normalized spacial score (nSPS) is 17.0. The molecular weight excluding hydrogens is 319 g/mol. The lowest BCUT2D eigenvalue weighted by Gasteiger charge is -2.16. The predicted molar refractivity (Wildman–Crippen MR) is 68.9 cm³/mol. The van der Waals surface area contributed by atoms with Crippen LogP contribution in [0.3, 0.4) is 0 Å². The molecule has 0 aliphatic carbocycles. The van der Waals surface area contributed by atoms with E-state index in [0.717, 1.165) is 31.5 Å². The fraction of sp³-hybridized carbons (Fsp3) is 0.364. The second-order valence-corrected chi connectivity index (χ2v) is 5.44. The Bertz CT molecular complexity index is 589. The molecule has 1 N–H and O–H groups in total. The smallest absolute Gasteiger partial charge is 0.246 e. The second kappa shape index (κ2) is 3.03. The molecule has 0 bridgehead atoms. The van der Waals surface area contributed by atoms with E-state index >= 15 is 0 Å². The minimum atomic E-state index is -0.602. The van der Waals surface area contributed by atoms with Crippen LogP contribution in [0.15, 0.2) is 6.20 Å². The summed E-state index contributed by atoms with van der Waals surface area (Å²) in [6.45, 7) is 5.85. The lowest BCUT2D eigenvalue weighted by molar-refractivity contribution is -0.0429. The SMILES string of the molecule is Cc1c2c(c3[nH]ncc3c1I)OC(C)(C)O2. The topological polar surface area (TPSA) is 47.1 Å². The van der Waals surface area contributed by atoms with Crippen LogP contribution in [-0.4, -0.2) is 16.0 Å². The summed E-state index contributed by atoms with van der Waals surface area (Å²) in [5, 5.41) is 8.11. The van der Waals surface area contributed by atoms with Gasteiger partial charge >= 0.3 is 0 Å². The van der Waals surface area contributed by atoms with Crippen LogP contribution in [0.1, 0.15) is 19.4 Å². The van der Waals surface area contributed by atoms with E-state index < -0.39 is 5.79 Å². The van der Waals surface area contributed by atoms with Crippen LogP contribution >= 0.6 is 22.6 Å². The highest BCUT2D eigenvalue weighted by Gasteiger charge is 2.36. The number of nitrogens with one attached hydrogen (secondary N) is 1. The van der Waals surface area contributed by atoms with Gasteiger partial charge in [0.25, 0.3) is 0 Å². The molecule has 2 heterocycles. The summed E-state index contributed by atoms with van der Waals surface area (Å²) in [5.41, 5.74) is 2.02. The van der Waals surface area contributed by atoms with Crippen molar-refractivity contribution >= 4 is 33.5 Å². The zero-order valence-electron chi connectivity index (χ0n) is 9.22. The Hall–Kier alpha value is -0.980. The van der Waals surface area contributed by atoms with Crippen molar-refractivity contribution in [1.82, 2.24) is 10.2 Å². The minimum absolute atomic E-state index is 0.602. The number of H-pyrrole nitrogens is 1. The van der Waals surface area contributed by atoms with Crippen LogP contribution in [0.2, 0.25) is 0 Å². The lowest BCUT2D eigenvalue weighted by Crippen LogP contribution is -2.29. The summed E-state index contributed by atoms with van der Waals surface area (Å²) in [7, 11) is 0. The van der Waals surface area contributed by atoms with Gasteiger partial charge in [-0.1, -0.05) is 0 Å². The number of aromatic nitrogens is 2. The average molecular weight is 330 g/mol. The van der Waals surface area contributed by atoms with Crippen molar-refractivity contribution in [3.05, 3.63) is 15.3 Å². The first-order valence-corrected chi connectivity index (χ1v) is 6.10. The van der Waals surface area contributed by atoms with Gasteiger partial charge in [0, 0.05) is 28.4 Å². The van der Waals surface area contributed by atoms with E-state index in [2.05, 4.69) is 32.8 Å². The predicted octanol–water partition coefficient (Wildman–Crippen LogP) is 2.98. The van der Waals surface area contributed by atoms with Gasteiger partial charge in [-0.15, -0.1) is 0 Å². The number of halogens is 1. The van der Waals surface area contributed by atoms with Crippen molar-refractivity contribution in [3.8, 4) is 11.5 Å². The van der Waals surface area contributed by atoms with Crippen LogP contribution in [0.4, 0.5) is 0 Å². The molecule has 0 saturated carbocycles. The molecule has 2 aromatic rings. The van der Waals surface area contributed by atoms with Gasteiger partial charge in [-0.3, -0.25) is 5.10 Å². The zero-order chi connectivity index (χ0) is 11.5. The van der Waals surface area contributed by atoms with Crippen molar-refractivity contribution in [2.45, 2.75) is 26.6 Å². The first-order chi connectivity index (χ1) is 7.49. The molecule has 3 rings (SSSR count). The number of benzene rings is 1. The van der Waals surface area contributed by atoms with Gasteiger partial charge in [-0.05, 0) is 29.5 Å². The number of nitrogens with zero attached hydrogens (tertiary/aromatic N) is 1. The highest BCUT2D eigenvalue weighted by molar-refractivity contribution is 14.1. The van der Waals surface area contributed by atoms with E-state index in [1.54, 1.807) is 0 Å². The minimum Gasteiger partial charge on any atom is -0.449 e. The summed E-state index contributed by atoms with van der Waals surface area (Å²) < 4.78 is 12.8. The van der Waals surface area contributed by atoms with Crippen LogP contribution in [0.5, 0.6) is 11.5 Å². The molecule has 0 fully saturated rings. The van der Waals surface area contributed by atoms with E-state index in [9.17, 15) is 0 Å². The first-order valence-electron chi connectivity index (χ1n) is 5.03. The second-order valence-electron chi connectivity index (χ2n) is 4.36. The Morgan fingerprint density at radius 3 is 2.75 bits per heavy atom. The number of ether oxygens (including phenoxy) is 2. The summed E-state index contributed by atoms with van der Waals surface area (Å²) in [5.74, 6) is 0.997. The molecule has 84 valence electrons. The summed E-state index contributed by atoms with van der Waals surface area (Å²) in [6.07, 6.45) is 1.82. The fourth-order valence-electron chi connectivity index (χ4n) is 1.94. The lowest BCUT2D eigenvalue weighted by atomic mass is 10.1. The van der Waals surface area contributed by atoms with Crippen molar-refractivity contribution in [1.29, 1.82) is 0 Å². The van der Waals surface area contributed by atoms with E-state index in [0.29, 0.717) is 0 Å². The number of rotatable bonds is 0. The van der Waals surface area contributed by atoms with E-state index in [1.807, 2.05) is 27.0 Å². The Morgan fingerprint density at radius 2 is 2.00 bits per heavy atom. The highest BCUT2D eigenvalue weighted by Crippen LogP contribution is 2.47. The molecule has 1 aliphatic rings. The number of aromatic amines is 1. The van der Waals surface area contributed by atoms with Gasteiger partial charge in [0.1, 0.15) is 5.52 Å². The van der Waals surface area contributed by atoms with Gasteiger partial charge in [0.15, 0.2) is 11.5 Å². The summed E-state index contributed by atoms with van der Waals surface area (Å²) >= 11 is 2.31. The van der Waals surface area contributed by atoms with Crippen molar-refractivity contribution in [2.75, 3.05) is 0 Å². The van der Waals surface area contributed by atoms with E-state index in [4.69, 9.17) is 9.47 Å². The third-order valence-electron chi connectivity index (χ3n) is 2.67. The van der Waals surface area contributed by atoms with Gasteiger partial charge in [0.05, 0.1) is 6.20 Å². The molecule has 1 aromatic heterocycles. The third-order valence-corrected chi connectivity index (χ3v) is 4.06. The standard InChI is InChI=1S/C11H11IN2O2/c1-5-7(12)6-4-13-14-8(6)10-9(5)15-11(2,3)16-10/h4H,1-3H3,(H,13,14). The van der Waals surface area contributed by atoms with Crippen molar-refractivity contribution in [2.24, 2.45) is 0 Å². The third kappa shape index (κ3) is 1.24. The van der Waals surface area contributed by atoms with Crippen LogP contribution < -0.4 is 9.47 Å². The van der Waals surface area contributed by atoms with Crippen molar-refractivity contribution < 1.29 is 9.47 Å². The number of fused-ring (bicyclic) bond motifs is 3. The maximum absolute atomic E-state index is 5.81.